The Morgan fingerprint density at radius 2 is 1.66 bits per heavy atom. The van der Waals surface area contributed by atoms with Crippen molar-refractivity contribution in [1.29, 1.82) is 0 Å². The molecule has 5 rings (SSSR count). The zero-order valence-electron chi connectivity index (χ0n) is 19.1. The van der Waals surface area contributed by atoms with Gasteiger partial charge in [-0.05, 0) is 48.5 Å². The second-order valence-corrected chi connectivity index (χ2v) is 9.43. The normalized spacial score (nSPS) is 10.9. The molecule has 9 heteroatoms. The van der Waals surface area contributed by atoms with Gasteiger partial charge in [0.1, 0.15) is 16.5 Å². The Kier molecular flexibility index (Phi) is 6.69. The molecule has 1 amide bonds. The highest BCUT2D eigenvalue weighted by atomic mass is 32.2. The zero-order chi connectivity index (χ0) is 24.2. The Balaban J connectivity index is 1.18. The molecule has 176 valence electrons. The number of hydrogen-bond acceptors (Lipinski definition) is 7. The van der Waals surface area contributed by atoms with Crippen molar-refractivity contribution in [2.24, 2.45) is 0 Å². The molecule has 5 aromatic rings. The summed E-state index contributed by atoms with van der Waals surface area (Å²) in [6.45, 7) is 0. The van der Waals surface area contributed by atoms with Crippen molar-refractivity contribution in [2.75, 3.05) is 25.3 Å². The fraction of sp³-hybridized carbons (Fsp3) is 0.115. The van der Waals surface area contributed by atoms with Crippen LogP contribution in [0.1, 0.15) is 0 Å². The summed E-state index contributed by atoms with van der Waals surface area (Å²) in [7, 11) is 3.28. The quantitative estimate of drug-likeness (QED) is 0.249. The Bertz CT molecular complexity index is 1460. The van der Waals surface area contributed by atoms with Crippen molar-refractivity contribution in [3.8, 4) is 33.3 Å². The maximum Gasteiger partial charge on any atom is 0.234 e. The summed E-state index contributed by atoms with van der Waals surface area (Å²) in [4.78, 5) is 24.9. The van der Waals surface area contributed by atoms with E-state index < -0.39 is 0 Å². The number of aromatic nitrogens is 3. The number of thioether (sulfide) groups is 1. The van der Waals surface area contributed by atoms with Gasteiger partial charge in [0.15, 0.2) is 5.16 Å². The van der Waals surface area contributed by atoms with E-state index in [4.69, 9.17) is 14.5 Å². The van der Waals surface area contributed by atoms with Crippen molar-refractivity contribution in [3.05, 3.63) is 72.1 Å². The SMILES string of the molecule is COc1ccc(-c2nc(-c3ccc(NC(=O)CSc4nc5ccc(OC)cc5[nH]4)cc3)cs2)cc1. The van der Waals surface area contributed by atoms with Crippen molar-refractivity contribution in [2.45, 2.75) is 5.16 Å². The molecule has 0 aliphatic carbocycles. The van der Waals surface area contributed by atoms with Gasteiger partial charge in [0, 0.05) is 28.3 Å². The maximum atomic E-state index is 12.4. The van der Waals surface area contributed by atoms with E-state index in [0.717, 1.165) is 50.0 Å². The predicted octanol–water partition coefficient (Wildman–Crippen LogP) is 6.10. The lowest BCUT2D eigenvalue weighted by molar-refractivity contribution is -0.113. The first-order valence-electron chi connectivity index (χ1n) is 10.8. The summed E-state index contributed by atoms with van der Waals surface area (Å²) in [5.41, 5.74) is 5.38. The number of anilines is 1. The molecule has 0 spiro atoms. The van der Waals surface area contributed by atoms with Crippen LogP contribution in [0.2, 0.25) is 0 Å². The van der Waals surface area contributed by atoms with Gasteiger partial charge >= 0.3 is 0 Å². The van der Waals surface area contributed by atoms with Gasteiger partial charge in [-0.15, -0.1) is 11.3 Å². The topological polar surface area (TPSA) is 89.1 Å². The minimum atomic E-state index is -0.101. The molecule has 0 saturated heterocycles. The molecule has 0 atom stereocenters. The van der Waals surface area contributed by atoms with Crippen LogP contribution in [0.15, 0.2) is 77.3 Å². The first-order chi connectivity index (χ1) is 17.1. The lowest BCUT2D eigenvalue weighted by Gasteiger charge is -2.05. The van der Waals surface area contributed by atoms with E-state index in [2.05, 4.69) is 15.3 Å². The number of nitrogens with zero attached hydrogens (tertiary/aromatic N) is 2. The van der Waals surface area contributed by atoms with Gasteiger partial charge in [0.25, 0.3) is 0 Å². The zero-order valence-corrected chi connectivity index (χ0v) is 20.7. The number of nitrogens with one attached hydrogen (secondary N) is 2. The van der Waals surface area contributed by atoms with Crippen molar-refractivity contribution < 1.29 is 14.3 Å². The molecule has 2 N–H and O–H groups in total. The molecule has 35 heavy (non-hydrogen) atoms. The third kappa shape index (κ3) is 5.31. The molecule has 0 radical (unpaired) electrons. The number of imidazole rings is 1. The standard InChI is InChI=1S/C26H22N4O3S2/c1-32-19-9-5-17(6-10-19)25-28-23(14-34-25)16-3-7-18(8-4-16)27-24(31)15-35-26-29-21-12-11-20(33-2)13-22(21)30-26/h3-14H,15H2,1-2H3,(H,27,31)(H,29,30). The van der Waals surface area contributed by atoms with Gasteiger partial charge in [-0.25, -0.2) is 9.97 Å². The molecule has 3 aromatic carbocycles. The molecule has 7 nitrogen and oxygen atoms in total. The molecular weight excluding hydrogens is 480 g/mol. The number of fused-ring (bicyclic) bond motifs is 1. The third-order valence-corrected chi connectivity index (χ3v) is 7.08. The fourth-order valence-electron chi connectivity index (χ4n) is 3.49. The predicted molar refractivity (Wildman–Crippen MR) is 142 cm³/mol. The molecular formula is C26H22N4O3S2. The van der Waals surface area contributed by atoms with E-state index >= 15 is 0 Å². The minimum absolute atomic E-state index is 0.101. The van der Waals surface area contributed by atoms with Gasteiger partial charge in [0.05, 0.1) is 36.7 Å². The van der Waals surface area contributed by atoms with Crippen LogP contribution < -0.4 is 14.8 Å². The van der Waals surface area contributed by atoms with E-state index in [-0.39, 0.29) is 11.7 Å². The first-order valence-corrected chi connectivity index (χ1v) is 12.6. The number of rotatable bonds is 8. The van der Waals surface area contributed by atoms with Crippen molar-refractivity contribution >= 4 is 45.7 Å². The van der Waals surface area contributed by atoms with E-state index in [9.17, 15) is 4.79 Å². The van der Waals surface area contributed by atoms with Crippen LogP contribution in [0, 0.1) is 0 Å². The van der Waals surface area contributed by atoms with E-state index in [1.165, 1.54) is 11.8 Å². The van der Waals surface area contributed by atoms with Gasteiger partial charge in [-0.1, -0.05) is 23.9 Å². The van der Waals surface area contributed by atoms with Crippen LogP contribution >= 0.6 is 23.1 Å². The number of benzene rings is 3. The molecule has 2 aromatic heterocycles. The van der Waals surface area contributed by atoms with E-state index in [1.807, 2.05) is 72.1 Å². The highest BCUT2D eigenvalue weighted by Gasteiger charge is 2.10. The Morgan fingerprint density at radius 3 is 2.40 bits per heavy atom. The van der Waals surface area contributed by atoms with E-state index in [1.54, 1.807) is 25.6 Å². The second-order valence-electron chi connectivity index (χ2n) is 7.61. The number of thiazole rings is 1. The number of hydrogen-bond donors (Lipinski definition) is 2. The van der Waals surface area contributed by atoms with Crippen molar-refractivity contribution in [3.63, 3.8) is 0 Å². The minimum Gasteiger partial charge on any atom is -0.497 e. The molecule has 0 aliphatic rings. The number of aromatic amines is 1. The smallest absolute Gasteiger partial charge is 0.234 e. The number of ether oxygens (including phenoxy) is 2. The van der Waals surface area contributed by atoms with Crippen molar-refractivity contribution in [1.82, 2.24) is 15.0 Å². The molecule has 2 heterocycles. The first kappa shape index (κ1) is 22.9. The number of H-pyrrole nitrogens is 1. The van der Waals surface area contributed by atoms with E-state index in [0.29, 0.717) is 5.16 Å². The van der Waals surface area contributed by atoms with Gasteiger partial charge in [0.2, 0.25) is 5.91 Å². The highest BCUT2D eigenvalue weighted by Crippen LogP contribution is 2.30. The Labute approximate surface area is 210 Å². The van der Waals surface area contributed by atoms with Crippen LogP contribution in [0.4, 0.5) is 5.69 Å². The van der Waals surface area contributed by atoms with Gasteiger partial charge in [-0.2, -0.15) is 0 Å². The molecule has 0 bridgehead atoms. The van der Waals surface area contributed by atoms with Crippen LogP contribution in [0.5, 0.6) is 11.5 Å². The Morgan fingerprint density at radius 1 is 0.943 bits per heavy atom. The van der Waals surface area contributed by atoms with Gasteiger partial charge in [-0.3, -0.25) is 4.79 Å². The molecule has 0 fully saturated rings. The lowest BCUT2D eigenvalue weighted by Crippen LogP contribution is -2.14. The van der Waals surface area contributed by atoms with Crippen LogP contribution in [-0.2, 0) is 4.79 Å². The fourth-order valence-corrected chi connectivity index (χ4v) is 5.01. The summed E-state index contributed by atoms with van der Waals surface area (Å²) in [6.07, 6.45) is 0. The summed E-state index contributed by atoms with van der Waals surface area (Å²) >= 11 is 2.95. The maximum absolute atomic E-state index is 12.4. The number of amides is 1. The Hall–Kier alpha value is -3.82. The summed E-state index contributed by atoms with van der Waals surface area (Å²) in [5.74, 6) is 1.72. The van der Waals surface area contributed by atoms with Crippen LogP contribution in [0.25, 0.3) is 32.9 Å². The van der Waals surface area contributed by atoms with Gasteiger partial charge < -0.3 is 19.8 Å². The number of carbonyl (C=O) groups excluding carboxylic acids is 1. The number of methoxy groups -OCH3 is 2. The average molecular weight is 503 g/mol. The molecule has 0 aliphatic heterocycles. The largest absolute Gasteiger partial charge is 0.497 e. The lowest BCUT2D eigenvalue weighted by atomic mass is 10.1. The molecule has 0 saturated carbocycles. The monoisotopic (exact) mass is 502 g/mol. The van der Waals surface area contributed by atoms with Crippen LogP contribution in [0.3, 0.4) is 0 Å². The number of carbonyl (C=O) groups is 1. The summed E-state index contributed by atoms with van der Waals surface area (Å²) in [6, 6.07) is 21.2. The molecule has 0 unspecified atom stereocenters. The third-order valence-electron chi connectivity index (χ3n) is 5.31. The average Bonchev–Trinajstić information content (AvgIpc) is 3.55. The summed E-state index contributed by atoms with van der Waals surface area (Å²) < 4.78 is 10.5. The highest BCUT2D eigenvalue weighted by molar-refractivity contribution is 7.99. The summed E-state index contributed by atoms with van der Waals surface area (Å²) in [5, 5.41) is 6.60. The van der Waals surface area contributed by atoms with Crippen LogP contribution in [-0.4, -0.2) is 40.8 Å². The second kappa shape index (κ2) is 10.2.